The lowest BCUT2D eigenvalue weighted by atomic mass is 9.93. The molecule has 0 fully saturated rings. The number of hydrogen-bond acceptors (Lipinski definition) is 6. The maximum Gasteiger partial charge on any atom is 0.289 e. The first-order chi connectivity index (χ1) is 14.8. The molecule has 3 heterocycles. The molecule has 1 unspecified atom stereocenters. The van der Waals surface area contributed by atoms with Crippen molar-refractivity contribution in [2.75, 3.05) is 25.1 Å². The van der Waals surface area contributed by atoms with Gasteiger partial charge in [-0.05, 0) is 17.5 Å². The van der Waals surface area contributed by atoms with Gasteiger partial charge in [-0.2, -0.15) is 0 Å². The number of aliphatic hydroxyl groups is 1. The molecule has 1 atom stereocenters. The van der Waals surface area contributed by atoms with Crippen molar-refractivity contribution in [2.24, 2.45) is 10.4 Å². The zero-order valence-corrected chi connectivity index (χ0v) is 17.5. The molecule has 164 valence electrons. The average molecular weight is 430 g/mol. The Kier molecular flexibility index (Phi) is 5.53. The van der Waals surface area contributed by atoms with Crippen LogP contribution in [0.5, 0.6) is 11.5 Å². The molecule has 0 radical (unpaired) electrons. The summed E-state index contributed by atoms with van der Waals surface area (Å²) in [6, 6.07) is 3.95. The quantitative estimate of drug-likeness (QED) is 0.552. The van der Waals surface area contributed by atoms with E-state index in [1.807, 2.05) is 27.0 Å². The van der Waals surface area contributed by atoms with E-state index in [9.17, 15) is 13.9 Å². The molecule has 7 nitrogen and oxygen atoms in total. The van der Waals surface area contributed by atoms with E-state index in [0.717, 1.165) is 17.7 Å². The number of rotatable bonds is 5. The summed E-state index contributed by atoms with van der Waals surface area (Å²) < 4.78 is 40.7. The highest BCUT2D eigenvalue weighted by Crippen LogP contribution is 2.37. The Morgan fingerprint density at radius 1 is 1.32 bits per heavy atom. The van der Waals surface area contributed by atoms with Gasteiger partial charge in [-0.3, -0.25) is 0 Å². The minimum absolute atomic E-state index is 0.0684. The maximum absolute atomic E-state index is 14.8. The first kappa shape index (κ1) is 21.0. The fourth-order valence-electron chi connectivity index (χ4n) is 3.32. The zero-order chi connectivity index (χ0) is 22.2. The summed E-state index contributed by atoms with van der Waals surface area (Å²) in [7, 11) is 0. The second kappa shape index (κ2) is 8.14. The molecule has 0 bridgehead atoms. The molecule has 31 heavy (non-hydrogen) atoms. The van der Waals surface area contributed by atoms with Crippen LogP contribution in [-0.2, 0) is 4.74 Å². The molecule has 3 aromatic rings. The first-order valence-corrected chi connectivity index (χ1v) is 9.97. The lowest BCUT2D eigenvalue weighted by Gasteiger charge is -2.30. The van der Waals surface area contributed by atoms with E-state index < -0.39 is 22.8 Å². The second-order valence-electron chi connectivity index (χ2n) is 8.31. The highest BCUT2D eigenvalue weighted by atomic mass is 19.1. The Labute approximate surface area is 178 Å². The van der Waals surface area contributed by atoms with Gasteiger partial charge in [0.2, 0.25) is 0 Å². The highest BCUT2D eigenvalue weighted by Gasteiger charge is 2.29. The molecule has 9 heteroatoms. The number of benzene rings is 1. The van der Waals surface area contributed by atoms with Gasteiger partial charge in [0.25, 0.3) is 6.02 Å². The van der Waals surface area contributed by atoms with E-state index >= 15 is 0 Å². The van der Waals surface area contributed by atoms with Gasteiger partial charge in [-0.1, -0.05) is 20.8 Å². The van der Waals surface area contributed by atoms with Crippen LogP contribution in [0.25, 0.3) is 11.0 Å². The molecule has 0 saturated heterocycles. The van der Waals surface area contributed by atoms with E-state index in [0.29, 0.717) is 23.3 Å². The van der Waals surface area contributed by atoms with Gasteiger partial charge in [-0.25, -0.2) is 18.8 Å². The third-order valence-corrected chi connectivity index (χ3v) is 5.19. The van der Waals surface area contributed by atoms with Crippen molar-refractivity contribution in [3.63, 3.8) is 0 Å². The van der Waals surface area contributed by atoms with Gasteiger partial charge < -0.3 is 24.9 Å². The van der Waals surface area contributed by atoms with Crippen molar-refractivity contribution in [3.05, 3.63) is 47.8 Å². The average Bonchev–Trinajstić information content (AvgIpc) is 3.18. The molecule has 0 spiro atoms. The van der Waals surface area contributed by atoms with Crippen molar-refractivity contribution < 1.29 is 23.4 Å². The smallest absolute Gasteiger partial charge is 0.289 e. The fourth-order valence-corrected chi connectivity index (χ4v) is 3.32. The number of fused-ring (bicyclic) bond motifs is 1. The number of nitrogens with one attached hydrogen (secondary N) is 2. The summed E-state index contributed by atoms with van der Waals surface area (Å²) in [5, 5.41) is 12.8. The SMILES string of the molecule is CC(C)c1c[nH]c2nccc(Oc3c(F)cc(NC4=NCC(C)(CO)CO4)cc3F)c12. The van der Waals surface area contributed by atoms with Crippen LogP contribution >= 0.6 is 0 Å². The number of H-pyrrole nitrogens is 1. The number of halogens is 2. The monoisotopic (exact) mass is 430 g/mol. The van der Waals surface area contributed by atoms with Crippen molar-refractivity contribution in [1.82, 2.24) is 9.97 Å². The van der Waals surface area contributed by atoms with Crippen molar-refractivity contribution in [1.29, 1.82) is 0 Å². The zero-order valence-electron chi connectivity index (χ0n) is 17.5. The summed E-state index contributed by atoms with van der Waals surface area (Å²) in [5.74, 6) is -1.76. The van der Waals surface area contributed by atoms with E-state index in [4.69, 9.17) is 9.47 Å². The van der Waals surface area contributed by atoms with Crippen LogP contribution in [0.3, 0.4) is 0 Å². The van der Waals surface area contributed by atoms with Gasteiger partial charge in [-0.15, -0.1) is 0 Å². The molecule has 1 aromatic carbocycles. The number of nitrogens with zero attached hydrogens (tertiary/aromatic N) is 2. The predicted octanol–water partition coefficient (Wildman–Crippen LogP) is 4.55. The summed E-state index contributed by atoms with van der Waals surface area (Å²) in [6.07, 6.45) is 3.34. The number of aromatic nitrogens is 2. The summed E-state index contributed by atoms with van der Waals surface area (Å²) >= 11 is 0. The lowest BCUT2D eigenvalue weighted by Crippen LogP contribution is -2.38. The Hall–Kier alpha value is -3.20. The minimum atomic E-state index is -0.870. The van der Waals surface area contributed by atoms with Crippen LogP contribution in [0.1, 0.15) is 32.3 Å². The van der Waals surface area contributed by atoms with E-state index in [2.05, 4.69) is 20.3 Å². The molecule has 1 aliphatic rings. The van der Waals surface area contributed by atoms with Crippen LogP contribution in [0.15, 0.2) is 35.6 Å². The number of pyridine rings is 1. The summed E-state index contributed by atoms with van der Waals surface area (Å²) in [6.45, 7) is 6.38. The first-order valence-electron chi connectivity index (χ1n) is 9.97. The molecule has 0 amide bonds. The molecular formula is C22H24F2N4O3. The molecule has 2 aromatic heterocycles. The molecular weight excluding hydrogens is 406 g/mol. The van der Waals surface area contributed by atoms with Crippen LogP contribution in [-0.4, -0.2) is 40.9 Å². The third-order valence-electron chi connectivity index (χ3n) is 5.19. The molecule has 3 N–H and O–H groups in total. The Morgan fingerprint density at radius 2 is 2.06 bits per heavy atom. The van der Waals surface area contributed by atoms with Crippen LogP contribution < -0.4 is 10.1 Å². The van der Waals surface area contributed by atoms with E-state index in [-0.39, 0.29) is 30.8 Å². The van der Waals surface area contributed by atoms with Gasteiger partial charge in [0, 0.05) is 35.6 Å². The standard InChI is InChI=1S/C22H24F2N4O3/c1-12(2)14-8-26-20-18(14)17(4-5-25-20)31-19-15(23)6-13(7-16(19)24)28-21-27-9-22(3,10-29)11-30-21/h4-8,12,29H,9-11H2,1-3H3,(H,25,26)(H,27,28). The van der Waals surface area contributed by atoms with E-state index in [1.54, 1.807) is 6.07 Å². The number of aliphatic hydroxyl groups excluding tert-OH is 1. The minimum Gasteiger partial charge on any atom is -0.464 e. The number of amidine groups is 1. The maximum atomic E-state index is 14.8. The van der Waals surface area contributed by atoms with Crippen molar-refractivity contribution >= 4 is 22.7 Å². The third kappa shape index (κ3) is 4.18. The van der Waals surface area contributed by atoms with Crippen LogP contribution in [0, 0.1) is 17.0 Å². The van der Waals surface area contributed by atoms with Crippen LogP contribution in [0.4, 0.5) is 14.5 Å². The largest absolute Gasteiger partial charge is 0.464 e. The van der Waals surface area contributed by atoms with Gasteiger partial charge >= 0.3 is 0 Å². The summed E-state index contributed by atoms with van der Waals surface area (Å²) in [5.41, 5.74) is 1.20. The molecule has 0 aliphatic carbocycles. The number of anilines is 1. The molecule has 0 saturated carbocycles. The van der Waals surface area contributed by atoms with Gasteiger partial charge in [0.1, 0.15) is 18.0 Å². The number of aliphatic imine (C=N–C) groups is 1. The van der Waals surface area contributed by atoms with Crippen LogP contribution in [0.2, 0.25) is 0 Å². The Morgan fingerprint density at radius 3 is 2.68 bits per heavy atom. The number of hydrogen-bond donors (Lipinski definition) is 3. The van der Waals surface area contributed by atoms with Crippen molar-refractivity contribution in [2.45, 2.75) is 26.7 Å². The second-order valence-corrected chi connectivity index (χ2v) is 8.31. The molecule has 1 aliphatic heterocycles. The number of aromatic amines is 1. The number of ether oxygens (including phenoxy) is 2. The Balaban J connectivity index is 1.59. The fraction of sp³-hybridized carbons (Fsp3) is 0.364. The van der Waals surface area contributed by atoms with Crippen molar-refractivity contribution in [3.8, 4) is 11.5 Å². The van der Waals surface area contributed by atoms with E-state index in [1.165, 1.54) is 6.20 Å². The lowest BCUT2D eigenvalue weighted by molar-refractivity contribution is 0.0706. The Bertz CT molecular complexity index is 1120. The van der Waals surface area contributed by atoms with Gasteiger partial charge in [0.05, 0.1) is 18.5 Å². The van der Waals surface area contributed by atoms with Gasteiger partial charge in [0.15, 0.2) is 17.4 Å². The summed E-state index contributed by atoms with van der Waals surface area (Å²) in [4.78, 5) is 11.5. The topological polar surface area (TPSA) is 91.8 Å². The molecule has 4 rings (SSSR count). The highest BCUT2D eigenvalue weighted by molar-refractivity contribution is 5.90. The normalized spacial score (nSPS) is 18.7. The predicted molar refractivity (Wildman–Crippen MR) is 114 cm³/mol.